The Labute approximate surface area is 168 Å². The highest BCUT2D eigenvalue weighted by Gasteiger charge is 2.18. The molecular weight excluding hydrogens is 396 g/mol. The lowest BCUT2D eigenvalue weighted by Gasteiger charge is -2.04. The van der Waals surface area contributed by atoms with Gasteiger partial charge in [0.2, 0.25) is 0 Å². The van der Waals surface area contributed by atoms with Crippen LogP contribution in [0.25, 0.3) is 5.95 Å². The van der Waals surface area contributed by atoms with E-state index in [-0.39, 0.29) is 28.8 Å². The van der Waals surface area contributed by atoms with Gasteiger partial charge in [-0.1, -0.05) is 0 Å². The van der Waals surface area contributed by atoms with E-state index in [4.69, 9.17) is 4.74 Å². The van der Waals surface area contributed by atoms with Crippen molar-refractivity contribution in [1.82, 2.24) is 30.4 Å². The Balaban J connectivity index is 1.82. The van der Waals surface area contributed by atoms with Crippen molar-refractivity contribution in [2.24, 2.45) is 5.10 Å². The Morgan fingerprint density at radius 2 is 2.10 bits per heavy atom. The molecule has 13 heteroatoms. The number of nitrogens with zero attached hydrogens (tertiary/aromatic N) is 6. The predicted octanol–water partition coefficient (Wildman–Crippen LogP) is 0.648. The number of amides is 1. The van der Waals surface area contributed by atoms with Gasteiger partial charge in [0.15, 0.2) is 5.75 Å². The lowest BCUT2D eigenvalue weighted by molar-refractivity contribution is -0.385. The van der Waals surface area contributed by atoms with Crippen molar-refractivity contribution >= 4 is 17.8 Å². The van der Waals surface area contributed by atoms with Gasteiger partial charge in [-0.3, -0.25) is 24.7 Å². The summed E-state index contributed by atoms with van der Waals surface area (Å²) in [5, 5.41) is 26.6. The Hall–Kier alpha value is -4.42. The lowest BCUT2D eigenvalue weighted by Crippen LogP contribution is -2.24. The monoisotopic (exact) mass is 412 g/mol. The van der Waals surface area contributed by atoms with Crippen LogP contribution in [0.4, 0.5) is 5.69 Å². The van der Waals surface area contributed by atoms with Gasteiger partial charge < -0.3 is 4.74 Å². The lowest BCUT2D eigenvalue weighted by atomic mass is 10.2. The number of methoxy groups -OCH3 is 1. The first-order chi connectivity index (χ1) is 14.3. The molecule has 2 heterocycles. The highest BCUT2D eigenvalue weighted by atomic mass is 16.6. The average Bonchev–Trinajstić information content (AvgIpc) is 3.11. The number of nitro benzene ring substituents is 1. The summed E-state index contributed by atoms with van der Waals surface area (Å²) in [6.07, 6.45) is 1.24. The minimum atomic E-state index is -0.641. The number of aryl methyl sites for hydroxylation is 2. The van der Waals surface area contributed by atoms with Crippen LogP contribution in [0, 0.1) is 24.0 Å². The second-order valence-electron chi connectivity index (χ2n) is 6.03. The van der Waals surface area contributed by atoms with Gasteiger partial charge in [0, 0.05) is 11.6 Å². The zero-order valence-corrected chi connectivity index (χ0v) is 16.1. The molecule has 0 saturated carbocycles. The maximum atomic E-state index is 12.5. The van der Waals surface area contributed by atoms with Gasteiger partial charge in [-0.25, -0.2) is 5.43 Å². The molecule has 0 aliphatic carbocycles. The molecule has 154 valence electrons. The second-order valence-corrected chi connectivity index (χ2v) is 6.03. The van der Waals surface area contributed by atoms with Crippen LogP contribution in [0.1, 0.15) is 27.4 Å². The van der Waals surface area contributed by atoms with Crippen molar-refractivity contribution in [3.05, 3.63) is 67.4 Å². The summed E-state index contributed by atoms with van der Waals surface area (Å²) in [5.74, 6) is -0.564. The van der Waals surface area contributed by atoms with Gasteiger partial charge in [-0.05, 0) is 32.0 Å². The van der Waals surface area contributed by atoms with Crippen molar-refractivity contribution < 1.29 is 14.5 Å². The van der Waals surface area contributed by atoms with Crippen molar-refractivity contribution in [2.75, 3.05) is 7.11 Å². The highest BCUT2D eigenvalue weighted by Crippen LogP contribution is 2.26. The summed E-state index contributed by atoms with van der Waals surface area (Å²) >= 11 is 0. The summed E-state index contributed by atoms with van der Waals surface area (Å²) in [4.78, 5) is 37.3. The molecule has 0 unspecified atom stereocenters. The van der Waals surface area contributed by atoms with E-state index < -0.39 is 16.4 Å². The van der Waals surface area contributed by atoms with E-state index >= 15 is 0 Å². The summed E-state index contributed by atoms with van der Waals surface area (Å²) in [7, 11) is 1.33. The van der Waals surface area contributed by atoms with Crippen LogP contribution in [0.3, 0.4) is 0 Å². The third kappa shape index (κ3) is 4.19. The Bertz CT molecular complexity index is 1210. The highest BCUT2D eigenvalue weighted by molar-refractivity contribution is 5.94. The Morgan fingerprint density at radius 1 is 1.33 bits per heavy atom. The fourth-order valence-electron chi connectivity index (χ4n) is 2.46. The molecule has 0 fully saturated rings. The summed E-state index contributed by atoms with van der Waals surface area (Å²) < 4.78 is 6.06. The largest absolute Gasteiger partial charge is 0.490 e. The molecule has 0 aliphatic heterocycles. The van der Waals surface area contributed by atoms with Crippen LogP contribution in [0.2, 0.25) is 0 Å². The molecule has 3 rings (SSSR count). The number of hydrogen-bond acceptors (Lipinski definition) is 9. The standard InChI is InChI=1S/C17H16N8O5/c1-9-6-13(24(23-9)17-19-15(26)10(2)20-22-17)16(27)21-18-8-11-4-5-14(30-3)12(7-11)25(28)29/h4-8H,1-3H3,(H,21,27)(H,19,22,26)/b18-8-. The van der Waals surface area contributed by atoms with Gasteiger partial charge in [0.25, 0.3) is 17.4 Å². The van der Waals surface area contributed by atoms with Crippen LogP contribution in [-0.2, 0) is 0 Å². The molecular formula is C17H16N8O5. The third-order valence-electron chi connectivity index (χ3n) is 3.89. The first-order valence-electron chi connectivity index (χ1n) is 8.46. The molecule has 1 amide bonds. The summed E-state index contributed by atoms with van der Waals surface area (Å²) in [5.41, 5.74) is 2.71. The quantitative estimate of drug-likeness (QED) is 0.337. The van der Waals surface area contributed by atoms with E-state index in [1.54, 1.807) is 13.0 Å². The maximum Gasteiger partial charge on any atom is 0.311 e. The minimum absolute atomic E-state index is 0.0291. The first-order valence-corrected chi connectivity index (χ1v) is 8.46. The number of aromatic amines is 1. The fraction of sp³-hybridized carbons (Fsp3) is 0.176. The van der Waals surface area contributed by atoms with Crippen molar-refractivity contribution in [3.63, 3.8) is 0 Å². The molecule has 0 radical (unpaired) electrons. The summed E-state index contributed by atoms with van der Waals surface area (Å²) in [6.45, 7) is 3.16. The van der Waals surface area contributed by atoms with Crippen LogP contribution in [-0.4, -0.2) is 49.1 Å². The zero-order chi connectivity index (χ0) is 21.8. The minimum Gasteiger partial charge on any atom is -0.490 e. The van der Waals surface area contributed by atoms with Crippen LogP contribution < -0.4 is 15.7 Å². The zero-order valence-electron chi connectivity index (χ0n) is 16.1. The molecule has 2 N–H and O–H groups in total. The van der Waals surface area contributed by atoms with E-state index in [2.05, 4.69) is 30.8 Å². The number of nitrogens with one attached hydrogen (secondary N) is 2. The van der Waals surface area contributed by atoms with Crippen LogP contribution in [0.5, 0.6) is 5.75 Å². The van der Waals surface area contributed by atoms with Gasteiger partial charge in [0.1, 0.15) is 11.4 Å². The van der Waals surface area contributed by atoms with Crippen molar-refractivity contribution in [1.29, 1.82) is 0 Å². The maximum absolute atomic E-state index is 12.5. The number of carbonyl (C=O) groups excluding carboxylic acids is 1. The number of rotatable bonds is 6. The fourth-order valence-corrected chi connectivity index (χ4v) is 2.46. The molecule has 0 spiro atoms. The van der Waals surface area contributed by atoms with Crippen LogP contribution >= 0.6 is 0 Å². The molecule has 1 aromatic carbocycles. The molecule has 3 aromatic rings. The van der Waals surface area contributed by atoms with E-state index in [1.807, 2.05) is 0 Å². The number of carbonyl (C=O) groups is 1. The Morgan fingerprint density at radius 3 is 2.77 bits per heavy atom. The molecule has 30 heavy (non-hydrogen) atoms. The number of hydrogen-bond donors (Lipinski definition) is 2. The molecule has 0 saturated heterocycles. The number of nitro groups is 1. The van der Waals surface area contributed by atoms with Gasteiger partial charge >= 0.3 is 5.69 Å². The van der Waals surface area contributed by atoms with Crippen LogP contribution in [0.15, 0.2) is 34.2 Å². The SMILES string of the molecule is COc1ccc(/C=N\NC(=O)c2cc(C)nn2-c2nnc(C)c(=O)[nH]2)cc1[N+](=O)[O-]. The van der Waals surface area contributed by atoms with E-state index in [0.717, 1.165) is 4.68 Å². The Kier molecular flexibility index (Phi) is 5.62. The molecule has 0 aliphatic rings. The number of hydrazone groups is 1. The van der Waals surface area contributed by atoms with E-state index in [9.17, 15) is 19.7 Å². The first kappa shape index (κ1) is 20.3. The van der Waals surface area contributed by atoms with Crippen molar-refractivity contribution in [3.8, 4) is 11.7 Å². The van der Waals surface area contributed by atoms with Gasteiger partial charge in [-0.2, -0.15) is 14.9 Å². The predicted molar refractivity (Wildman–Crippen MR) is 104 cm³/mol. The normalized spacial score (nSPS) is 10.9. The van der Waals surface area contributed by atoms with Gasteiger partial charge in [-0.15, -0.1) is 10.2 Å². The average molecular weight is 412 g/mol. The molecule has 0 bridgehead atoms. The topological polar surface area (TPSA) is 170 Å². The number of ether oxygens (including phenoxy) is 1. The molecule has 2 aromatic heterocycles. The van der Waals surface area contributed by atoms with E-state index in [1.165, 1.54) is 38.4 Å². The second kappa shape index (κ2) is 8.30. The van der Waals surface area contributed by atoms with E-state index in [0.29, 0.717) is 11.3 Å². The molecule has 0 atom stereocenters. The van der Waals surface area contributed by atoms with Crippen molar-refractivity contribution in [2.45, 2.75) is 13.8 Å². The number of benzene rings is 1. The molecule has 13 nitrogen and oxygen atoms in total. The van der Waals surface area contributed by atoms with Gasteiger partial charge in [0.05, 0.1) is 23.9 Å². The number of H-pyrrole nitrogens is 1. The third-order valence-corrected chi connectivity index (χ3v) is 3.89. The summed E-state index contributed by atoms with van der Waals surface area (Å²) in [6, 6.07) is 5.70. The number of aromatic nitrogens is 5. The smallest absolute Gasteiger partial charge is 0.311 e.